The number of primary amides is 1. The standard InChI is InChI=1S/C44H75N13O19/c1-18(2)32(41(72)48-16-29(61)55-34(22(7)59)43(74)50-21(6)36(67)56-33(19(3)4)42(73)53-26(44(75)76)15-31(64)65)57-39(70)25(14-30(62)63)52-38(69)24(11-12-28(47)60)51-40(71)27(17-58)54-35(66)20(5)49-37(68)23(46)10-8-9-13-45/h18-27,32-34,58-59H,8-17,45-46H2,1-7H3,(H2,47,60)(H,48,72)(H,49,68)(H,50,74)(H,51,71)(H,52,69)(H,53,73)(H,54,66)(H,55,61)(H,56,67)(H,57,70)(H,62,63)(H,64,65)(H,75,76)/t20-,21-,22+,23-,24-,25-,26-,27-,32-,33-,34-/m0/s1. The lowest BCUT2D eigenvalue weighted by atomic mass is 10.0. The third kappa shape index (κ3) is 25.6. The van der Waals surface area contributed by atoms with Gasteiger partial charge < -0.3 is 95.9 Å². The van der Waals surface area contributed by atoms with Crippen molar-refractivity contribution in [1.82, 2.24) is 53.2 Å². The lowest BCUT2D eigenvalue weighted by Crippen LogP contribution is -2.61. The minimum Gasteiger partial charge on any atom is -0.481 e. The Morgan fingerprint density at radius 2 is 0.908 bits per heavy atom. The highest BCUT2D eigenvalue weighted by atomic mass is 16.4. The molecule has 0 aliphatic heterocycles. The van der Waals surface area contributed by atoms with E-state index >= 15 is 0 Å². The Morgan fingerprint density at radius 3 is 1.39 bits per heavy atom. The molecule has 0 aromatic rings. The lowest BCUT2D eigenvalue weighted by Gasteiger charge is -2.27. The van der Waals surface area contributed by atoms with Crippen LogP contribution in [0.25, 0.3) is 0 Å². The van der Waals surface area contributed by atoms with Gasteiger partial charge >= 0.3 is 17.9 Å². The van der Waals surface area contributed by atoms with Crippen LogP contribution in [0, 0.1) is 11.8 Å². The number of aliphatic hydroxyl groups excluding tert-OH is 2. The molecule has 0 aliphatic rings. The Hall–Kier alpha value is -7.58. The summed E-state index contributed by atoms with van der Waals surface area (Å²) in [6, 6.07) is -15.8. The molecule has 0 aromatic heterocycles. The van der Waals surface area contributed by atoms with Crippen LogP contribution < -0.4 is 70.4 Å². The zero-order valence-electron chi connectivity index (χ0n) is 43.3. The predicted molar refractivity (Wildman–Crippen MR) is 262 cm³/mol. The minimum absolute atomic E-state index is 0.264. The Morgan fingerprint density at radius 1 is 0.474 bits per heavy atom. The van der Waals surface area contributed by atoms with Crippen molar-refractivity contribution in [2.45, 2.75) is 160 Å². The molecular weight excluding hydrogens is 1010 g/mol. The van der Waals surface area contributed by atoms with Crippen molar-refractivity contribution in [1.29, 1.82) is 0 Å². The van der Waals surface area contributed by atoms with Crippen molar-refractivity contribution in [2.75, 3.05) is 19.7 Å². The van der Waals surface area contributed by atoms with Gasteiger partial charge in [-0.2, -0.15) is 0 Å². The fraction of sp³-hybridized carbons (Fsp3) is 0.682. The molecule has 0 rings (SSSR count). The zero-order chi connectivity index (χ0) is 58.7. The van der Waals surface area contributed by atoms with Crippen molar-refractivity contribution in [3.63, 3.8) is 0 Å². The van der Waals surface area contributed by atoms with Crippen LogP contribution >= 0.6 is 0 Å². The van der Waals surface area contributed by atoms with Gasteiger partial charge in [-0.1, -0.05) is 34.1 Å². The van der Waals surface area contributed by atoms with Gasteiger partial charge in [0.05, 0.1) is 38.1 Å². The second kappa shape index (κ2) is 34.1. The molecule has 21 N–H and O–H groups in total. The number of hydrogen-bond acceptors (Lipinski definition) is 18. The van der Waals surface area contributed by atoms with E-state index in [0.29, 0.717) is 19.4 Å². The number of carboxylic acid groups (broad SMARTS) is 3. The lowest BCUT2D eigenvalue weighted by molar-refractivity contribution is -0.147. The average molecular weight is 1090 g/mol. The van der Waals surface area contributed by atoms with Gasteiger partial charge in [0.25, 0.3) is 0 Å². The summed E-state index contributed by atoms with van der Waals surface area (Å²) >= 11 is 0. The SMILES string of the molecule is CC(C)[C@H](NC(=O)[C@H](C)NC(=O)[C@@H](NC(=O)CNC(=O)[C@@H](NC(=O)[C@H](CC(=O)O)NC(=O)[C@H](CCC(N)=O)NC(=O)[C@H](CO)NC(=O)[C@H](C)NC(=O)[C@@H](N)CCCCN)C(C)C)[C@@H](C)O)C(=O)N[C@@H](CC(=O)O)C(=O)O. The Labute approximate surface area is 436 Å². The second-order valence-electron chi connectivity index (χ2n) is 18.3. The molecule has 11 amide bonds. The number of unbranched alkanes of at least 4 members (excludes halogenated alkanes) is 1. The van der Waals surface area contributed by atoms with Gasteiger partial charge in [0.2, 0.25) is 65.0 Å². The van der Waals surface area contributed by atoms with E-state index in [9.17, 15) is 87.5 Å². The number of aliphatic carboxylic acids is 3. The number of nitrogens with two attached hydrogens (primary N) is 3. The molecule has 76 heavy (non-hydrogen) atoms. The summed E-state index contributed by atoms with van der Waals surface area (Å²) in [4.78, 5) is 177. The maximum absolute atomic E-state index is 13.6. The number of carboxylic acids is 3. The molecule has 0 spiro atoms. The molecule has 0 saturated heterocycles. The quantitative estimate of drug-likeness (QED) is 0.0259. The fourth-order valence-electron chi connectivity index (χ4n) is 6.51. The van der Waals surface area contributed by atoms with E-state index in [1.165, 1.54) is 34.6 Å². The molecular formula is C44H75N13O19. The van der Waals surface area contributed by atoms with Gasteiger partial charge in [0.1, 0.15) is 54.4 Å². The van der Waals surface area contributed by atoms with Gasteiger partial charge in [-0.05, 0) is 58.4 Å². The van der Waals surface area contributed by atoms with Crippen LogP contribution in [-0.2, 0) is 67.1 Å². The summed E-state index contributed by atoms with van der Waals surface area (Å²) in [7, 11) is 0. The largest absolute Gasteiger partial charge is 0.481 e. The molecule has 0 heterocycles. The summed E-state index contributed by atoms with van der Waals surface area (Å²) in [6.07, 6.45) is -3.41. The van der Waals surface area contributed by atoms with E-state index in [4.69, 9.17) is 22.3 Å². The monoisotopic (exact) mass is 1090 g/mol. The molecule has 0 saturated carbocycles. The number of carbonyl (C=O) groups is 14. The van der Waals surface area contributed by atoms with Gasteiger partial charge in [0.15, 0.2) is 0 Å². The van der Waals surface area contributed by atoms with Crippen LogP contribution in [-0.4, -0.2) is 195 Å². The topological polar surface area (TPSA) is 538 Å². The Kier molecular flexibility index (Phi) is 30.7. The Balaban J connectivity index is 5.97. The van der Waals surface area contributed by atoms with Crippen LogP contribution in [0.3, 0.4) is 0 Å². The molecule has 0 aliphatic carbocycles. The van der Waals surface area contributed by atoms with Gasteiger partial charge in [-0.15, -0.1) is 0 Å². The molecule has 0 bridgehead atoms. The number of carbonyl (C=O) groups excluding carboxylic acids is 11. The summed E-state index contributed by atoms with van der Waals surface area (Å²) < 4.78 is 0. The van der Waals surface area contributed by atoms with Crippen molar-refractivity contribution >= 4 is 82.9 Å². The van der Waals surface area contributed by atoms with E-state index in [1.54, 1.807) is 0 Å². The maximum atomic E-state index is 13.6. The van der Waals surface area contributed by atoms with Crippen LogP contribution in [0.5, 0.6) is 0 Å². The van der Waals surface area contributed by atoms with Crippen LogP contribution in [0.1, 0.15) is 93.4 Å². The van der Waals surface area contributed by atoms with Crippen molar-refractivity contribution < 1.29 is 92.7 Å². The van der Waals surface area contributed by atoms with Crippen LogP contribution in [0.15, 0.2) is 0 Å². The van der Waals surface area contributed by atoms with Crippen molar-refractivity contribution in [3.05, 3.63) is 0 Å². The molecule has 32 nitrogen and oxygen atoms in total. The van der Waals surface area contributed by atoms with Crippen molar-refractivity contribution in [2.24, 2.45) is 29.0 Å². The number of aliphatic hydroxyl groups is 2. The van der Waals surface area contributed by atoms with E-state index in [2.05, 4.69) is 47.9 Å². The summed E-state index contributed by atoms with van der Waals surface area (Å²) in [6.45, 7) is 7.76. The van der Waals surface area contributed by atoms with E-state index in [0.717, 1.165) is 13.8 Å². The normalized spacial score (nSPS) is 15.4. The first-order chi connectivity index (χ1) is 35.3. The first kappa shape index (κ1) is 68.4. The first-order valence-electron chi connectivity index (χ1n) is 24.0. The second-order valence-corrected chi connectivity index (χ2v) is 18.3. The molecule has 0 radical (unpaired) electrons. The minimum atomic E-state index is -1.98. The molecule has 0 aromatic carbocycles. The molecule has 32 heteroatoms. The number of nitrogens with one attached hydrogen (secondary N) is 10. The van der Waals surface area contributed by atoms with E-state index < -0.39 is 200 Å². The van der Waals surface area contributed by atoms with Crippen LogP contribution in [0.4, 0.5) is 0 Å². The number of hydrogen-bond donors (Lipinski definition) is 18. The summed E-state index contributed by atoms with van der Waals surface area (Å²) in [5, 5.41) is 70.3. The molecule has 11 atom stereocenters. The summed E-state index contributed by atoms with van der Waals surface area (Å²) in [5.74, 6) is -17.9. The van der Waals surface area contributed by atoms with Gasteiger partial charge in [0, 0.05) is 6.42 Å². The highest BCUT2D eigenvalue weighted by Crippen LogP contribution is 2.08. The summed E-state index contributed by atoms with van der Waals surface area (Å²) in [5.41, 5.74) is 16.5. The highest BCUT2D eigenvalue weighted by molar-refractivity contribution is 5.99. The fourth-order valence-corrected chi connectivity index (χ4v) is 6.51. The van der Waals surface area contributed by atoms with Crippen molar-refractivity contribution in [3.8, 4) is 0 Å². The molecule has 0 fully saturated rings. The predicted octanol–water partition coefficient (Wildman–Crippen LogP) is -8.05. The van der Waals surface area contributed by atoms with Crippen LogP contribution in [0.2, 0.25) is 0 Å². The highest BCUT2D eigenvalue weighted by Gasteiger charge is 2.36. The number of rotatable bonds is 36. The Bertz CT molecular complexity index is 2090. The van der Waals surface area contributed by atoms with Gasteiger partial charge in [-0.25, -0.2) is 4.79 Å². The molecule has 0 unspecified atom stereocenters. The smallest absolute Gasteiger partial charge is 0.326 e. The van der Waals surface area contributed by atoms with E-state index in [1.807, 2.05) is 5.32 Å². The third-order valence-corrected chi connectivity index (χ3v) is 10.9. The molecule has 430 valence electrons. The number of amides is 11. The first-order valence-corrected chi connectivity index (χ1v) is 24.0. The third-order valence-electron chi connectivity index (χ3n) is 10.9. The van der Waals surface area contributed by atoms with Gasteiger partial charge in [-0.3, -0.25) is 62.3 Å². The van der Waals surface area contributed by atoms with E-state index in [-0.39, 0.29) is 6.42 Å². The zero-order valence-corrected chi connectivity index (χ0v) is 43.3. The average Bonchev–Trinajstić information content (AvgIpc) is 3.31. The maximum Gasteiger partial charge on any atom is 0.326 e.